The lowest BCUT2D eigenvalue weighted by molar-refractivity contribution is -0.120. The van der Waals surface area contributed by atoms with Crippen LogP contribution in [0.15, 0.2) is 48.5 Å². The molecule has 138 valence electrons. The standard InChI is InChI=1S/C21H21N3O3/c1-13-7-3-4-8-14(13)20(27)24-11-16-19(26)22-17-10-6-5-9-15(17)18(25)23-21(16,2)12-24/h3-10,16H,11-12H2,1-2H3,(H,22,26)(H,23,25)/t16-,21-/m0/s1. The number of hydrogen-bond donors (Lipinski definition) is 2. The first-order valence-electron chi connectivity index (χ1n) is 8.96. The smallest absolute Gasteiger partial charge is 0.254 e. The fourth-order valence-corrected chi connectivity index (χ4v) is 3.97. The Morgan fingerprint density at radius 2 is 1.81 bits per heavy atom. The summed E-state index contributed by atoms with van der Waals surface area (Å²) in [6.07, 6.45) is 0. The van der Waals surface area contributed by atoms with Gasteiger partial charge in [0, 0.05) is 18.7 Å². The van der Waals surface area contributed by atoms with E-state index < -0.39 is 11.5 Å². The minimum Gasteiger partial charge on any atom is -0.344 e. The molecule has 2 aliphatic heterocycles. The van der Waals surface area contributed by atoms with Crippen molar-refractivity contribution in [1.29, 1.82) is 0 Å². The van der Waals surface area contributed by atoms with Gasteiger partial charge in [0.1, 0.15) is 0 Å². The predicted octanol–water partition coefficient (Wildman–Crippen LogP) is 2.21. The summed E-state index contributed by atoms with van der Waals surface area (Å²) in [7, 11) is 0. The molecule has 0 aliphatic carbocycles. The van der Waals surface area contributed by atoms with Gasteiger partial charge in [-0.15, -0.1) is 0 Å². The molecule has 2 N–H and O–H groups in total. The van der Waals surface area contributed by atoms with Crippen molar-refractivity contribution in [1.82, 2.24) is 10.2 Å². The van der Waals surface area contributed by atoms with E-state index in [0.717, 1.165) is 5.56 Å². The van der Waals surface area contributed by atoms with Crippen LogP contribution >= 0.6 is 0 Å². The SMILES string of the molecule is Cc1ccccc1C(=O)N1C[C@H]2C(=O)Nc3ccccc3C(=O)N[C@@]2(C)C1. The topological polar surface area (TPSA) is 78.5 Å². The highest BCUT2D eigenvalue weighted by Gasteiger charge is 2.50. The Morgan fingerprint density at radius 3 is 2.59 bits per heavy atom. The molecule has 0 radical (unpaired) electrons. The number of fused-ring (bicyclic) bond motifs is 2. The summed E-state index contributed by atoms with van der Waals surface area (Å²) in [5, 5.41) is 5.86. The third kappa shape index (κ3) is 2.87. The Balaban J connectivity index is 1.67. The number of nitrogens with zero attached hydrogens (tertiary/aromatic N) is 1. The number of likely N-dealkylation sites (tertiary alicyclic amines) is 1. The maximum absolute atomic E-state index is 13.0. The summed E-state index contributed by atoms with van der Waals surface area (Å²) < 4.78 is 0. The Kier molecular flexibility index (Phi) is 3.98. The van der Waals surface area contributed by atoms with Crippen LogP contribution in [0.1, 0.15) is 33.2 Å². The maximum Gasteiger partial charge on any atom is 0.254 e. The molecule has 2 aromatic carbocycles. The van der Waals surface area contributed by atoms with Crippen LogP contribution in [0, 0.1) is 12.8 Å². The summed E-state index contributed by atoms with van der Waals surface area (Å²) in [6.45, 7) is 4.26. The number of anilines is 1. The summed E-state index contributed by atoms with van der Waals surface area (Å²) >= 11 is 0. The fourth-order valence-electron chi connectivity index (χ4n) is 3.97. The predicted molar refractivity (Wildman–Crippen MR) is 102 cm³/mol. The van der Waals surface area contributed by atoms with E-state index in [-0.39, 0.29) is 30.8 Å². The Morgan fingerprint density at radius 1 is 1.11 bits per heavy atom. The number of carbonyl (C=O) groups is 3. The van der Waals surface area contributed by atoms with Crippen molar-refractivity contribution in [3.8, 4) is 0 Å². The van der Waals surface area contributed by atoms with E-state index in [9.17, 15) is 14.4 Å². The van der Waals surface area contributed by atoms with Gasteiger partial charge in [-0.2, -0.15) is 0 Å². The largest absolute Gasteiger partial charge is 0.344 e. The van der Waals surface area contributed by atoms with Crippen molar-refractivity contribution in [3.05, 3.63) is 65.2 Å². The second kappa shape index (κ2) is 6.23. The molecule has 2 heterocycles. The molecule has 0 spiro atoms. The molecule has 0 bridgehead atoms. The van der Waals surface area contributed by atoms with Gasteiger partial charge in [0.05, 0.1) is 22.7 Å². The van der Waals surface area contributed by atoms with Crippen molar-refractivity contribution < 1.29 is 14.4 Å². The second-order valence-electron chi connectivity index (χ2n) is 7.46. The Hall–Kier alpha value is -3.15. The van der Waals surface area contributed by atoms with E-state index in [0.29, 0.717) is 16.8 Å². The van der Waals surface area contributed by atoms with Crippen LogP contribution < -0.4 is 10.6 Å². The average Bonchev–Trinajstić information content (AvgIpc) is 2.98. The lowest BCUT2D eigenvalue weighted by atomic mass is 9.86. The molecule has 27 heavy (non-hydrogen) atoms. The number of carbonyl (C=O) groups excluding carboxylic acids is 3. The van der Waals surface area contributed by atoms with E-state index in [1.165, 1.54) is 0 Å². The molecule has 3 amide bonds. The average molecular weight is 363 g/mol. The molecule has 6 heteroatoms. The normalized spacial score (nSPS) is 24.2. The number of aryl methyl sites for hydroxylation is 1. The van der Waals surface area contributed by atoms with E-state index in [1.807, 2.05) is 32.0 Å². The van der Waals surface area contributed by atoms with Crippen molar-refractivity contribution >= 4 is 23.4 Å². The van der Waals surface area contributed by atoms with Crippen LogP contribution in [-0.2, 0) is 4.79 Å². The Labute approximate surface area is 157 Å². The van der Waals surface area contributed by atoms with Crippen LogP contribution in [0.2, 0.25) is 0 Å². The van der Waals surface area contributed by atoms with Gasteiger partial charge in [0.2, 0.25) is 5.91 Å². The molecular formula is C21H21N3O3. The van der Waals surface area contributed by atoms with Crippen LogP contribution in [-0.4, -0.2) is 41.2 Å². The monoisotopic (exact) mass is 363 g/mol. The van der Waals surface area contributed by atoms with Gasteiger partial charge in [-0.05, 0) is 37.6 Å². The van der Waals surface area contributed by atoms with Gasteiger partial charge < -0.3 is 15.5 Å². The van der Waals surface area contributed by atoms with Crippen LogP contribution in [0.25, 0.3) is 0 Å². The molecule has 0 aromatic heterocycles. The molecule has 6 nitrogen and oxygen atoms in total. The van der Waals surface area contributed by atoms with Crippen LogP contribution in [0.5, 0.6) is 0 Å². The number of benzene rings is 2. The van der Waals surface area contributed by atoms with Gasteiger partial charge in [-0.3, -0.25) is 14.4 Å². The van der Waals surface area contributed by atoms with E-state index >= 15 is 0 Å². The third-order valence-corrected chi connectivity index (χ3v) is 5.50. The summed E-state index contributed by atoms with van der Waals surface area (Å²) in [6, 6.07) is 14.3. The van der Waals surface area contributed by atoms with Gasteiger partial charge in [-0.25, -0.2) is 0 Å². The number of nitrogens with one attached hydrogen (secondary N) is 2. The molecule has 2 atom stereocenters. The molecule has 2 aromatic rings. The molecule has 0 saturated carbocycles. The summed E-state index contributed by atoms with van der Waals surface area (Å²) in [4.78, 5) is 40.3. The van der Waals surface area contributed by atoms with Crippen molar-refractivity contribution in [2.45, 2.75) is 19.4 Å². The minimum absolute atomic E-state index is 0.124. The third-order valence-electron chi connectivity index (χ3n) is 5.50. The van der Waals surface area contributed by atoms with Crippen LogP contribution in [0.3, 0.4) is 0 Å². The van der Waals surface area contributed by atoms with E-state index in [2.05, 4.69) is 10.6 Å². The number of para-hydroxylation sites is 1. The zero-order chi connectivity index (χ0) is 19.2. The highest BCUT2D eigenvalue weighted by Crippen LogP contribution is 2.33. The first-order chi connectivity index (χ1) is 12.9. The van der Waals surface area contributed by atoms with Crippen LogP contribution in [0.4, 0.5) is 5.69 Å². The van der Waals surface area contributed by atoms with Crippen molar-refractivity contribution in [2.75, 3.05) is 18.4 Å². The molecule has 2 aliphatic rings. The summed E-state index contributed by atoms with van der Waals surface area (Å²) in [5.41, 5.74) is 1.59. The zero-order valence-corrected chi connectivity index (χ0v) is 15.3. The maximum atomic E-state index is 13.0. The lowest BCUT2D eigenvalue weighted by Gasteiger charge is -2.33. The lowest BCUT2D eigenvalue weighted by Crippen LogP contribution is -2.56. The number of amides is 3. The van der Waals surface area contributed by atoms with Gasteiger partial charge in [0.15, 0.2) is 0 Å². The zero-order valence-electron chi connectivity index (χ0n) is 15.3. The Bertz CT molecular complexity index is 955. The molecule has 0 unspecified atom stereocenters. The van der Waals surface area contributed by atoms with Gasteiger partial charge >= 0.3 is 0 Å². The van der Waals surface area contributed by atoms with E-state index in [1.54, 1.807) is 35.2 Å². The number of hydrogen-bond acceptors (Lipinski definition) is 3. The minimum atomic E-state index is -0.826. The van der Waals surface area contributed by atoms with Crippen molar-refractivity contribution in [3.63, 3.8) is 0 Å². The van der Waals surface area contributed by atoms with Crippen molar-refractivity contribution in [2.24, 2.45) is 5.92 Å². The molecule has 1 saturated heterocycles. The highest BCUT2D eigenvalue weighted by atomic mass is 16.2. The fraction of sp³-hybridized carbons (Fsp3) is 0.286. The summed E-state index contributed by atoms with van der Waals surface area (Å²) in [5.74, 6) is -1.09. The molecule has 1 fully saturated rings. The quantitative estimate of drug-likeness (QED) is 0.815. The number of rotatable bonds is 1. The molecule has 4 rings (SSSR count). The second-order valence-corrected chi connectivity index (χ2v) is 7.46. The first kappa shape index (κ1) is 17.3. The highest BCUT2D eigenvalue weighted by molar-refractivity contribution is 6.07. The van der Waals surface area contributed by atoms with Gasteiger partial charge in [0.25, 0.3) is 11.8 Å². The van der Waals surface area contributed by atoms with E-state index in [4.69, 9.17) is 0 Å². The van der Waals surface area contributed by atoms with Gasteiger partial charge in [-0.1, -0.05) is 30.3 Å². The first-order valence-corrected chi connectivity index (χ1v) is 8.96. The molecular weight excluding hydrogens is 342 g/mol.